The number of aliphatic hydroxyl groups is 1. The van der Waals surface area contributed by atoms with Crippen LogP contribution in [-0.4, -0.2) is 19.3 Å². The van der Waals surface area contributed by atoms with Crippen LogP contribution in [0.5, 0.6) is 11.5 Å². The molecule has 1 aromatic heterocycles. The van der Waals surface area contributed by atoms with Crippen LogP contribution in [0.2, 0.25) is 0 Å². The van der Waals surface area contributed by atoms with Crippen molar-refractivity contribution in [1.82, 2.24) is 0 Å². The second-order valence-corrected chi connectivity index (χ2v) is 7.77. The zero-order valence-corrected chi connectivity index (χ0v) is 19.1. The van der Waals surface area contributed by atoms with Gasteiger partial charge in [0.2, 0.25) is 0 Å². The molecular weight excluding hydrogens is 400 g/mol. The summed E-state index contributed by atoms with van der Waals surface area (Å²) in [5.41, 5.74) is 3.09. The number of allylic oxidation sites excluding steroid dienone is 5. The average Bonchev–Trinajstić information content (AvgIpc) is 3.26. The lowest BCUT2D eigenvalue weighted by molar-refractivity contribution is 0.143. The molecule has 3 rings (SSSR count). The van der Waals surface area contributed by atoms with Gasteiger partial charge in [-0.1, -0.05) is 54.2 Å². The average molecular weight is 433 g/mol. The van der Waals surface area contributed by atoms with Crippen LogP contribution in [0, 0.1) is 0 Å². The minimum absolute atomic E-state index is 0.588. The summed E-state index contributed by atoms with van der Waals surface area (Å²) in [5, 5.41) is 11.5. The van der Waals surface area contributed by atoms with E-state index in [2.05, 4.69) is 37.3 Å². The zero-order chi connectivity index (χ0) is 22.8. The van der Waals surface area contributed by atoms with E-state index >= 15 is 0 Å². The minimum atomic E-state index is -0.588. The number of hydrogen-bond donors (Lipinski definition) is 1. The number of rotatable bonds is 11. The first-order valence-electron chi connectivity index (χ1n) is 11.0. The summed E-state index contributed by atoms with van der Waals surface area (Å²) in [4.78, 5) is 0. The highest BCUT2D eigenvalue weighted by Crippen LogP contribution is 2.27. The Balaban J connectivity index is 1.41. The molecule has 0 spiro atoms. The molecule has 4 nitrogen and oxygen atoms in total. The number of furan rings is 1. The number of hydrogen-bond acceptors (Lipinski definition) is 4. The maximum absolute atomic E-state index is 10.4. The first kappa shape index (κ1) is 23.4. The SMILES string of the molecule is COc1ccc(/C=C\CC/C=C/C=C(\C)CCC(O)c2cc3ccccc3o2)c(OC)c1. The molecule has 2 aromatic carbocycles. The van der Waals surface area contributed by atoms with Crippen molar-refractivity contribution in [3.63, 3.8) is 0 Å². The Morgan fingerprint density at radius 3 is 2.62 bits per heavy atom. The van der Waals surface area contributed by atoms with Gasteiger partial charge in [-0.3, -0.25) is 0 Å². The fourth-order valence-electron chi connectivity index (χ4n) is 3.44. The summed E-state index contributed by atoms with van der Waals surface area (Å²) in [6.07, 6.45) is 13.4. The monoisotopic (exact) mass is 432 g/mol. The Hall–Kier alpha value is -3.24. The lowest BCUT2D eigenvalue weighted by Crippen LogP contribution is -1.95. The van der Waals surface area contributed by atoms with Crippen LogP contribution >= 0.6 is 0 Å². The van der Waals surface area contributed by atoms with Crippen LogP contribution in [0.3, 0.4) is 0 Å². The van der Waals surface area contributed by atoms with E-state index in [4.69, 9.17) is 13.9 Å². The maximum Gasteiger partial charge on any atom is 0.134 e. The van der Waals surface area contributed by atoms with E-state index in [1.807, 2.05) is 48.5 Å². The first-order valence-corrected chi connectivity index (χ1v) is 11.0. The van der Waals surface area contributed by atoms with Gasteiger partial charge in [0.15, 0.2) is 0 Å². The fourth-order valence-corrected chi connectivity index (χ4v) is 3.44. The van der Waals surface area contributed by atoms with Gasteiger partial charge in [-0.25, -0.2) is 0 Å². The topological polar surface area (TPSA) is 51.8 Å². The predicted octanol–water partition coefficient (Wildman–Crippen LogP) is 7.26. The highest BCUT2D eigenvalue weighted by Gasteiger charge is 2.13. The van der Waals surface area contributed by atoms with E-state index in [9.17, 15) is 5.11 Å². The van der Waals surface area contributed by atoms with Gasteiger partial charge in [-0.15, -0.1) is 0 Å². The lowest BCUT2D eigenvalue weighted by atomic mass is 10.1. The Labute approximate surface area is 190 Å². The molecule has 0 radical (unpaired) electrons. The largest absolute Gasteiger partial charge is 0.497 e. The summed E-state index contributed by atoms with van der Waals surface area (Å²) < 4.78 is 16.4. The molecule has 1 unspecified atom stereocenters. The number of unbranched alkanes of at least 4 members (excludes halogenated alkanes) is 1. The van der Waals surface area contributed by atoms with Crippen LogP contribution in [0.15, 0.2) is 82.8 Å². The molecule has 0 fully saturated rings. The molecule has 0 aliphatic rings. The molecule has 0 aliphatic heterocycles. The normalized spacial score (nSPS) is 13.3. The smallest absolute Gasteiger partial charge is 0.134 e. The van der Waals surface area contributed by atoms with E-state index in [0.29, 0.717) is 12.2 Å². The maximum atomic E-state index is 10.4. The number of aliphatic hydroxyl groups excluding tert-OH is 1. The fraction of sp³-hybridized carbons (Fsp3) is 0.286. The number of para-hydroxylation sites is 1. The molecule has 0 bridgehead atoms. The van der Waals surface area contributed by atoms with Gasteiger partial charge in [-0.05, 0) is 56.9 Å². The van der Waals surface area contributed by atoms with Crippen LogP contribution in [0.25, 0.3) is 17.0 Å². The molecule has 1 N–H and O–H groups in total. The van der Waals surface area contributed by atoms with Gasteiger partial charge in [0.1, 0.15) is 28.9 Å². The quantitative estimate of drug-likeness (QED) is 0.256. The summed E-state index contributed by atoms with van der Waals surface area (Å²) in [5.74, 6) is 2.23. The second kappa shape index (κ2) is 12.0. The Morgan fingerprint density at radius 1 is 1.03 bits per heavy atom. The van der Waals surface area contributed by atoms with Crippen molar-refractivity contribution in [2.75, 3.05) is 14.2 Å². The highest BCUT2D eigenvalue weighted by atomic mass is 16.5. The molecule has 3 aromatic rings. The van der Waals surface area contributed by atoms with E-state index in [1.54, 1.807) is 14.2 Å². The van der Waals surface area contributed by atoms with Crippen molar-refractivity contribution in [3.05, 3.63) is 89.7 Å². The molecule has 1 atom stereocenters. The number of methoxy groups -OCH3 is 2. The molecule has 168 valence electrons. The van der Waals surface area contributed by atoms with Gasteiger partial charge in [0.05, 0.1) is 14.2 Å². The van der Waals surface area contributed by atoms with Crippen LogP contribution in [0.1, 0.15) is 50.0 Å². The van der Waals surface area contributed by atoms with E-state index in [-0.39, 0.29) is 0 Å². The van der Waals surface area contributed by atoms with Crippen LogP contribution in [-0.2, 0) is 0 Å². The summed E-state index contributed by atoms with van der Waals surface area (Å²) in [6.45, 7) is 2.09. The third-order valence-electron chi connectivity index (χ3n) is 5.34. The number of ether oxygens (including phenoxy) is 2. The molecule has 32 heavy (non-hydrogen) atoms. The Kier molecular flexibility index (Phi) is 8.76. The zero-order valence-electron chi connectivity index (χ0n) is 19.1. The van der Waals surface area contributed by atoms with Crippen molar-refractivity contribution in [2.24, 2.45) is 0 Å². The van der Waals surface area contributed by atoms with E-state index < -0.39 is 6.10 Å². The van der Waals surface area contributed by atoms with Crippen molar-refractivity contribution in [1.29, 1.82) is 0 Å². The van der Waals surface area contributed by atoms with Gasteiger partial charge < -0.3 is 19.0 Å². The Bertz CT molecular complexity index is 1050. The summed E-state index contributed by atoms with van der Waals surface area (Å²) in [7, 11) is 3.31. The number of fused-ring (bicyclic) bond motifs is 1. The third kappa shape index (κ3) is 6.63. The molecular formula is C28H32O4. The number of benzene rings is 2. The molecule has 4 heteroatoms. The molecule has 0 saturated heterocycles. The standard InChI is InChI=1S/C28H32O4/c1-21(15-18-25(29)28-19-23-13-9-10-14-26(23)32-28)11-7-5-4-6-8-12-22-16-17-24(30-2)20-27(22)31-3/h5,7-14,16-17,19-20,25,29H,4,6,15,18H2,1-3H3/b7-5+,12-8-,21-11+. The molecule has 0 saturated carbocycles. The lowest BCUT2D eigenvalue weighted by Gasteiger charge is -2.07. The van der Waals surface area contributed by atoms with Gasteiger partial charge in [0, 0.05) is 17.0 Å². The van der Waals surface area contributed by atoms with Crippen molar-refractivity contribution in [2.45, 2.75) is 38.7 Å². The molecule has 1 heterocycles. The van der Waals surface area contributed by atoms with Gasteiger partial charge in [-0.2, -0.15) is 0 Å². The second-order valence-electron chi connectivity index (χ2n) is 7.77. The van der Waals surface area contributed by atoms with E-state index in [0.717, 1.165) is 47.3 Å². The molecule has 0 aliphatic carbocycles. The summed E-state index contributed by atoms with van der Waals surface area (Å²) >= 11 is 0. The third-order valence-corrected chi connectivity index (χ3v) is 5.34. The first-order chi connectivity index (χ1) is 15.6. The summed E-state index contributed by atoms with van der Waals surface area (Å²) in [6, 6.07) is 15.6. The minimum Gasteiger partial charge on any atom is -0.497 e. The van der Waals surface area contributed by atoms with Crippen molar-refractivity contribution >= 4 is 17.0 Å². The molecule has 0 amide bonds. The van der Waals surface area contributed by atoms with E-state index in [1.165, 1.54) is 5.57 Å². The highest BCUT2D eigenvalue weighted by molar-refractivity contribution is 5.77. The Morgan fingerprint density at radius 2 is 1.84 bits per heavy atom. The predicted molar refractivity (Wildman–Crippen MR) is 131 cm³/mol. The van der Waals surface area contributed by atoms with Crippen molar-refractivity contribution in [3.8, 4) is 11.5 Å². The van der Waals surface area contributed by atoms with Crippen molar-refractivity contribution < 1.29 is 19.0 Å². The van der Waals surface area contributed by atoms with Crippen LogP contribution in [0.4, 0.5) is 0 Å². The van der Waals surface area contributed by atoms with Gasteiger partial charge >= 0.3 is 0 Å². The van der Waals surface area contributed by atoms with Gasteiger partial charge in [0.25, 0.3) is 0 Å². The van der Waals surface area contributed by atoms with Crippen LogP contribution < -0.4 is 9.47 Å².